The molecule has 1 atom stereocenters. The minimum absolute atomic E-state index is 0.201. The summed E-state index contributed by atoms with van der Waals surface area (Å²) in [6, 6.07) is 8.11. The molecule has 2 aromatic rings. The average Bonchev–Trinajstić information content (AvgIpc) is 2.67. The maximum atomic E-state index is 13.8. The Kier molecular flexibility index (Phi) is 6.42. The van der Waals surface area contributed by atoms with Crippen LogP contribution in [0.25, 0.3) is 6.08 Å². The van der Waals surface area contributed by atoms with Gasteiger partial charge in [-0.15, -0.1) is 0 Å². The van der Waals surface area contributed by atoms with Gasteiger partial charge in [-0.25, -0.2) is 4.39 Å². The number of hydrogen-bond acceptors (Lipinski definition) is 4. The highest BCUT2D eigenvalue weighted by Gasteiger charge is 2.23. The number of carbonyl (C=O) groups is 1. The number of hydrogen-bond donors (Lipinski definition) is 0. The zero-order valence-electron chi connectivity index (χ0n) is 14.9. The van der Waals surface area contributed by atoms with Crippen LogP contribution in [0.3, 0.4) is 0 Å². The lowest BCUT2D eigenvalue weighted by Crippen LogP contribution is -2.47. The van der Waals surface area contributed by atoms with E-state index >= 15 is 0 Å². The van der Waals surface area contributed by atoms with E-state index in [2.05, 4.69) is 4.98 Å². The van der Waals surface area contributed by atoms with Crippen molar-refractivity contribution in [3.05, 3.63) is 64.7 Å². The van der Waals surface area contributed by atoms with E-state index in [0.29, 0.717) is 32.1 Å². The molecule has 0 bridgehead atoms. The summed E-state index contributed by atoms with van der Waals surface area (Å²) in [4.78, 5) is 18.2. The van der Waals surface area contributed by atoms with E-state index in [1.165, 1.54) is 24.3 Å². The molecule has 3 rings (SSSR count). The van der Waals surface area contributed by atoms with Crippen LogP contribution in [0, 0.1) is 12.7 Å². The van der Waals surface area contributed by atoms with Crippen molar-refractivity contribution in [2.24, 2.45) is 0 Å². The molecule has 1 aromatic carbocycles. The number of rotatable bonds is 5. The van der Waals surface area contributed by atoms with E-state index in [-0.39, 0.29) is 22.6 Å². The van der Waals surface area contributed by atoms with Crippen LogP contribution < -0.4 is 4.74 Å². The molecule has 1 amide bonds. The number of ether oxygens (including phenoxy) is 2. The highest BCUT2D eigenvalue weighted by Crippen LogP contribution is 2.20. The summed E-state index contributed by atoms with van der Waals surface area (Å²) in [5.41, 5.74) is 1.11. The van der Waals surface area contributed by atoms with E-state index in [0.717, 1.165) is 5.69 Å². The number of nitrogens with zero attached hydrogens (tertiary/aromatic N) is 2. The monoisotopic (exact) mass is 390 g/mol. The van der Waals surface area contributed by atoms with Crippen LogP contribution in [-0.4, -0.2) is 48.2 Å². The van der Waals surface area contributed by atoms with Gasteiger partial charge in [0.2, 0.25) is 5.91 Å². The number of carbonyl (C=O) groups excluding carboxylic acids is 1. The first-order valence-corrected chi connectivity index (χ1v) is 8.99. The SMILES string of the molecule is Cc1ccc(OCC2CN(C(=O)/C=C/c3c(F)cccc3Cl)CCO2)cn1. The van der Waals surface area contributed by atoms with Gasteiger partial charge in [0.25, 0.3) is 0 Å². The van der Waals surface area contributed by atoms with Crippen LogP contribution >= 0.6 is 11.6 Å². The van der Waals surface area contributed by atoms with Crippen molar-refractivity contribution < 1.29 is 18.7 Å². The standard InChI is InChI=1S/C20H20ClFN2O3/c1-14-5-6-15(11-23-14)27-13-16-12-24(9-10-26-16)20(25)8-7-17-18(21)3-2-4-19(17)22/h2-8,11,16H,9-10,12-13H2,1H3/b8-7+. The Balaban J connectivity index is 1.56. The first-order chi connectivity index (χ1) is 13.0. The predicted molar refractivity (Wildman–Crippen MR) is 101 cm³/mol. The molecular formula is C20H20ClFN2O3. The molecule has 5 nitrogen and oxygen atoms in total. The summed E-state index contributed by atoms with van der Waals surface area (Å²) >= 11 is 5.97. The fraction of sp³-hybridized carbons (Fsp3) is 0.300. The predicted octanol–water partition coefficient (Wildman–Crippen LogP) is 3.50. The molecule has 2 heterocycles. The van der Waals surface area contributed by atoms with Crippen LogP contribution in [0.1, 0.15) is 11.3 Å². The summed E-state index contributed by atoms with van der Waals surface area (Å²) < 4.78 is 25.1. The first kappa shape index (κ1) is 19.3. The zero-order chi connectivity index (χ0) is 19.2. The Morgan fingerprint density at radius 3 is 3.04 bits per heavy atom. The molecule has 27 heavy (non-hydrogen) atoms. The molecule has 1 fully saturated rings. The third-order valence-corrected chi connectivity index (χ3v) is 4.49. The molecule has 1 unspecified atom stereocenters. The summed E-state index contributed by atoms with van der Waals surface area (Å²) in [5, 5.41) is 0.263. The maximum Gasteiger partial charge on any atom is 0.246 e. The van der Waals surface area contributed by atoms with Gasteiger partial charge in [-0.05, 0) is 37.3 Å². The Labute approximate surface area is 162 Å². The van der Waals surface area contributed by atoms with Gasteiger partial charge in [0.15, 0.2) is 0 Å². The fourth-order valence-corrected chi connectivity index (χ4v) is 2.91. The quantitative estimate of drug-likeness (QED) is 0.733. The van der Waals surface area contributed by atoms with Crippen molar-refractivity contribution in [1.29, 1.82) is 0 Å². The number of pyridine rings is 1. The number of benzene rings is 1. The molecule has 0 N–H and O–H groups in total. The lowest BCUT2D eigenvalue weighted by Gasteiger charge is -2.32. The molecule has 1 aliphatic rings. The minimum Gasteiger partial charge on any atom is -0.489 e. The second-order valence-corrected chi connectivity index (χ2v) is 6.60. The van der Waals surface area contributed by atoms with Gasteiger partial charge in [-0.3, -0.25) is 9.78 Å². The summed E-state index contributed by atoms with van der Waals surface area (Å²) in [6.07, 6.45) is 4.15. The Hall–Kier alpha value is -2.44. The number of aryl methyl sites for hydroxylation is 1. The Bertz CT molecular complexity index is 806. The highest BCUT2D eigenvalue weighted by molar-refractivity contribution is 6.32. The summed E-state index contributed by atoms with van der Waals surface area (Å²) in [5.74, 6) is -0.0344. The van der Waals surface area contributed by atoms with Gasteiger partial charge in [-0.2, -0.15) is 0 Å². The topological polar surface area (TPSA) is 51.7 Å². The van der Waals surface area contributed by atoms with E-state index in [9.17, 15) is 9.18 Å². The van der Waals surface area contributed by atoms with Crippen LogP contribution in [0.4, 0.5) is 4.39 Å². The van der Waals surface area contributed by atoms with Gasteiger partial charge in [-0.1, -0.05) is 17.7 Å². The number of amides is 1. The third kappa shape index (κ3) is 5.28. The molecule has 142 valence electrons. The van der Waals surface area contributed by atoms with E-state index in [1.807, 2.05) is 19.1 Å². The second-order valence-electron chi connectivity index (χ2n) is 6.19. The van der Waals surface area contributed by atoms with Crippen molar-refractivity contribution in [2.45, 2.75) is 13.0 Å². The summed E-state index contributed by atoms with van der Waals surface area (Å²) in [7, 11) is 0. The molecule has 0 spiro atoms. The van der Waals surface area contributed by atoms with Gasteiger partial charge in [0.1, 0.15) is 24.3 Å². The van der Waals surface area contributed by atoms with Crippen LogP contribution in [0.5, 0.6) is 5.75 Å². The van der Waals surface area contributed by atoms with Crippen LogP contribution in [0.2, 0.25) is 5.02 Å². The number of morpholine rings is 1. The van der Waals surface area contributed by atoms with Crippen molar-refractivity contribution in [1.82, 2.24) is 9.88 Å². The number of halogens is 2. The smallest absolute Gasteiger partial charge is 0.246 e. The molecule has 0 radical (unpaired) electrons. The largest absolute Gasteiger partial charge is 0.489 e. The molecule has 7 heteroatoms. The lowest BCUT2D eigenvalue weighted by molar-refractivity contribution is -0.134. The minimum atomic E-state index is -0.466. The van der Waals surface area contributed by atoms with Crippen molar-refractivity contribution >= 4 is 23.6 Å². The van der Waals surface area contributed by atoms with Crippen molar-refractivity contribution in [3.63, 3.8) is 0 Å². The van der Waals surface area contributed by atoms with E-state index in [4.69, 9.17) is 21.1 Å². The molecule has 0 aliphatic carbocycles. The van der Waals surface area contributed by atoms with Gasteiger partial charge in [0, 0.05) is 23.9 Å². The maximum absolute atomic E-state index is 13.8. The number of aromatic nitrogens is 1. The third-order valence-electron chi connectivity index (χ3n) is 4.16. The summed E-state index contributed by atoms with van der Waals surface area (Å²) in [6.45, 7) is 3.50. The first-order valence-electron chi connectivity index (χ1n) is 8.61. The molecule has 0 saturated carbocycles. The Morgan fingerprint density at radius 1 is 1.44 bits per heavy atom. The molecule has 1 aliphatic heterocycles. The van der Waals surface area contributed by atoms with Crippen LogP contribution in [-0.2, 0) is 9.53 Å². The average molecular weight is 391 g/mol. The highest BCUT2D eigenvalue weighted by atomic mass is 35.5. The lowest BCUT2D eigenvalue weighted by atomic mass is 10.2. The van der Waals surface area contributed by atoms with Crippen molar-refractivity contribution in [2.75, 3.05) is 26.3 Å². The van der Waals surface area contributed by atoms with Crippen LogP contribution in [0.15, 0.2) is 42.6 Å². The fourth-order valence-electron chi connectivity index (χ4n) is 2.68. The Morgan fingerprint density at radius 2 is 2.30 bits per heavy atom. The normalized spacial score (nSPS) is 17.3. The van der Waals surface area contributed by atoms with Crippen molar-refractivity contribution in [3.8, 4) is 5.75 Å². The molecule has 1 aromatic heterocycles. The van der Waals surface area contributed by atoms with E-state index < -0.39 is 5.82 Å². The molecule has 1 saturated heterocycles. The van der Waals surface area contributed by atoms with Gasteiger partial charge in [0.05, 0.1) is 24.4 Å². The molecular weight excluding hydrogens is 371 g/mol. The van der Waals surface area contributed by atoms with Gasteiger partial charge >= 0.3 is 0 Å². The second kappa shape index (κ2) is 8.97. The van der Waals surface area contributed by atoms with Gasteiger partial charge < -0.3 is 14.4 Å². The van der Waals surface area contributed by atoms with E-state index in [1.54, 1.807) is 17.2 Å². The zero-order valence-corrected chi connectivity index (χ0v) is 15.7.